The van der Waals surface area contributed by atoms with E-state index in [1.165, 1.54) is 25.3 Å². The Balaban J connectivity index is 2.49. The number of rotatable bonds is 3. The predicted molar refractivity (Wildman–Crippen MR) is 70.1 cm³/mol. The minimum absolute atomic E-state index is 0.0389. The van der Waals surface area contributed by atoms with E-state index >= 15 is 0 Å². The monoisotopic (exact) mass is 263 g/mol. The van der Waals surface area contributed by atoms with E-state index in [-0.39, 0.29) is 17.6 Å². The van der Waals surface area contributed by atoms with Gasteiger partial charge in [-0.25, -0.2) is 4.39 Å². The topological polar surface area (TPSA) is 88.2 Å². The molecule has 0 aliphatic carbocycles. The molecule has 1 atom stereocenters. The molecule has 1 unspecified atom stereocenters. The van der Waals surface area contributed by atoms with E-state index in [9.17, 15) is 9.18 Å². The van der Waals surface area contributed by atoms with Crippen molar-refractivity contribution in [1.29, 1.82) is 0 Å². The van der Waals surface area contributed by atoms with E-state index in [2.05, 4.69) is 10.3 Å². The number of benzene rings is 1. The van der Waals surface area contributed by atoms with E-state index in [4.69, 9.17) is 10.8 Å². The highest BCUT2D eigenvalue weighted by molar-refractivity contribution is 6.08. The Hall–Kier alpha value is -2.21. The third-order valence-electron chi connectivity index (χ3n) is 2.68. The average molecular weight is 263 g/mol. The number of aliphatic hydroxyl groups excluding tert-OH is 1. The van der Waals surface area contributed by atoms with E-state index < -0.39 is 17.8 Å². The van der Waals surface area contributed by atoms with Gasteiger partial charge in [-0.15, -0.1) is 0 Å². The highest BCUT2D eigenvalue weighted by Gasteiger charge is 2.16. The number of aliphatic hydroxyl groups is 1. The lowest BCUT2D eigenvalue weighted by atomic mass is 10.1. The second-order valence-corrected chi connectivity index (χ2v) is 4.28. The number of carbonyl (C=O) groups is 1. The summed E-state index contributed by atoms with van der Waals surface area (Å²) in [7, 11) is 0. The highest BCUT2D eigenvalue weighted by atomic mass is 19.1. The molecular formula is C13H14FN3O2. The summed E-state index contributed by atoms with van der Waals surface area (Å²) in [5.74, 6) is -1.10. The quantitative estimate of drug-likeness (QED) is 0.723. The Morgan fingerprint density at radius 1 is 1.53 bits per heavy atom. The van der Waals surface area contributed by atoms with Gasteiger partial charge in [-0.2, -0.15) is 0 Å². The Morgan fingerprint density at radius 2 is 2.26 bits per heavy atom. The maximum absolute atomic E-state index is 13.9. The van der Waals surface area contributed by atoms with Crippen molar-refractivity contribution in [2.75, 3.05) is 12.3 Å². The third-order valence-corrected chi connectivity index (χ3v) is 2.68. The van der Waals surface area contributed by atoms with E-state index in [0.717, 1.165) is 0 Å². The number of aromatic nitrogens is 1. The summed E-state index contributed by atoms with van der Waals surface area (Å²) in [6.45, 7) is 1.61. The summed E-state index contributed by atoms with van der Waals surface area (Å²) in [4.78, 5) is 15.8. The molecule has 19 heavy (non-hydrogen) atoms. The van der Waals surface area contributed by atoms with Crippen molar-refractivity contribution in [1.82, 2.24) is 10.3 Å². The summed E-state index contributed by atoms with van der Waals surface area (Å²) < 4.78 is 13.9. The van der Waals surface area contributed by atoms with Crippen molar-refractivity contribution in [3.63, 3.8) is 0 Å². The molecule has 1 aromatic heterocycles. The summed E-state index contributed by atoms with van der Waals surface area (Å²) in [6.07, 6.45) is 0.712. The number of carbonyl (C=O) groups excluding carboxylic acids is 1. The molecule has 2 rings (SSSR count). The maximum atomic E-state index is 13.9. The van der Waals surface area contributed by atoms with Gasteiger partial charge in [-0.1, -0.05) is 0 Å². The molecule has 0 bridgehead atoms. The normalized spacial score (nSPS) is 12.4. The molecule has 0 fully saturated rings. The van der Waals surface area contributed by atoms with Crippen molar-refractivity contribution in [2.45, 2.75) is 13.0 Å². The van der Waals surface area contributed by atoms with E-state index in [1.54, 1.807) is 6.07 Å². The molecule has 0 radical (unpaired) electrons. The Bertz CT molecular complexity index is 629. The molecule has 1 amide bonds. The van der Waals surface area contributed by atoms with Gasteiger partial charge in [0.2, 0.25) is 0 Å². The largest absolute Gasteiger partial charge is 0.398 e. The lowest BCUT2D eigenvalue weighted by Crippen LogP contribution is -2.31. The number of nitrogens with two attached hydrogens (primary N) is 1. The zero-order valence-corrected chi connectivity index (χ0v) is 10.4. The first-order valence-corrected chi connectivity index (χ1v) is 5.79. The van der Waals surface area contributed by atoms with Crippen molar-refractivity contribution in [3.8, 4) is 0 Å². The standard InChI is InChI=1S/C13H14FN3O2/c1-7(18)6-17-13(19)12-11-8(4-5-16-12)10(15)3-2-9(11)14/h2-5,7,18H,6,15H2,1H3,(H,17,19). The van der Waals surface area contributed by atoms with Gasteiger partial charge in [0, 0.05) is 23.8 Å². The SMILES string of the molecule is CC(O)CNC(=O)c1nccc2c(N)ccc(F)c12. The van der Waals surface area contributed by atoms with Crippen molar-refractivity contribution < 1.29 is 14.3 Å². The average Bonchev–Trinajstić information content (AvgIpc) is 2.39. The number of hydrogen-bond donors (Lipinski definition) is 3. The Morgan fingerprint density at radius 3 is 2.95 bits per heavy atom. The van der Waals surface area contributed by atoms with Crippen LogP contribution in [0.3, 0.4) is 0 Å². The molecule has 4 N–H and O–H groups in total. The molecular weight excluding hydrogens is 249 g/mol. The van der Waals surface area contributed by atoms with Crippen LogP contribution in [0.1, 0.15) is 17.4 Å². The first-order valence-electron chi connectivity index (χ1n) is 5.79. The second-order valence-electron chi connectivity index (χ2n) is 4.28. The molecule has 2 aromatic rings. The van der Waals surface area contributed by atoms with Gasteiger partial charge >= 0.3 is 0 Å². The zero-order chi connectivity index (χ0) is 14.0. The number of amides is 1. The third kappa shape index (κ3) is 2.63. The predicted octanol–water partition coefficient (Wildman–Crippen LogP) is 1.07. The molecule has 0 aliphatic heterocycles. The molecule has 6 heteroatoms. The second kappa shape index (κ2) is 5.19. The van der Waals surface area contributed by atoms with Crippen LogP contribution in [0.15, 0.2) is 24.4 Å². The minimum atomic E-state index is -0.686. The first-order chi connectivity index (χ1) is 9.00. The van der Waals surface area contributed by atoms with Crippen molar-refractivity contribution >= 4 is 22.4 Å². The van der Waals surface area contributed by atoms with Crippen LogP contribution in [-0.2, 0) is 0 Å². The highest BCUT2D eigenvalue weighted by Crippen LogP contribution is 2.25. The fraction of sp³-hybridized carbons (Fsp3) is 0.231. The number of hydrogen-bond acceptors (Lipinski definition) is 4. The number of anilines is 1. The number of fused-ring (bicyclic) bond motifs is 1. The zero-order valence-electron chi connectivity index (χ0n) is 10.4. The van der Waals surface area contributed by atoms with Crippen LogP contribution in [-0.4, -0.2) is 28.6 Å². The number of nitrogens with zero attached hydrogens (tertiary/aromatic N) is 1. The van der Waals surface area contributed by atoms with Gasteiger partial charge in [0.25, 0.3) is 5.91 Å². The number of nitrogen functional groups attached to an aromatic ring is 1. The lowest BCUT2D eigenvalue weighted by Gasteiger charge is -2.10. The summed E-state index contributed by atoms with van der Waals surface area (Å²) >= 11 is 0. The molecule has 0 spiro atoms. The number of pyridine rings is 1. The number of halogens is 1. The van der Waals surface area contributed by atoms with Gasteiger partial charge in [0.1, 0.15) is 11.5 Å². The van der Waals surface area contributed by atoms with Gasteiger partial charge in [-0.05, 0) is 25.1 Å². The molecule has 1 aromatic carbocycles. The number of nitrogens with one attached hydrogen (secondary N) is 1. The van der Waals surface area contributed by atoms with Crippen molar-refractivity contribution in [2.24, 2.45) is 0 Å². The van der Waals surface area contributed by atoms with Gasteiger partial charge in [-0.3, -0.25) is 9.78 Å². The molecule has 0 saturated heterocycles. The first kappa shape index (κ1) is 13.2. The Labute approximate surface area is 109 Å². The van der Waals surface area contributed by atoms with Gasteiger partial charge in [0.05, 0.1) is 11.5 Å². The van der Waals surface area contributed by atoms with Crippen molar-refractivity contribution in [3.05, 3.63) is 35.9 Å². The fourth-order valence-electron chi connectivity index (χ4n) is 1.78. The fourth-order valence-corrected chi connectivity index (χ4v) is 1.78. The lowest BCUT2D eigenvalue weighted by molar-refractivity contribution is 0.0920. The summed E-state index contributed by atoms with van der Waals surface area (Å²) in [5.41, 5.74) is 6.09. The van der Waals surface area contributed by atoms with Crippen LogP contribution in [0, 0.1) is 5.82 Å². The molecule has 1 heterocycles. The van der Waals surface area contributed by atoms with Crippen LogP contribution in [0.2, 0.25) is 0 Å². The van der Waals surface area contributed by atoms with Crippen LogP contribution >= 0.6 is 0 Å². The van der Waals surface area contributed by atoms with E-state index in [1.807, 2.05) is 0 Å². The molecule has 100 valence electrons. The minimum Gasteiger partial charge on any atom is -0.398 e. The van der Waals surface area contributed by atoms with Crippen LogP contribution in [0.4, 0.5) is 10.1 Å². The van der Waals surface area contributed by atoms with Gasteiger partial charge in [0.15, 0.2) is 0 Å². The van der Waals surface area contributed by atoms with E-state index in [0.29, 0.717) is 11.1 Å². The molecule has 0 aliphatic rings. The smallest absolute Gasteiger partial charge is 0.270 e. The van der Waals surface area contributed by atoms with Crippen LogP contribution < -0.4 is 11.1 Å². The molecule has 0 saturated carbocycles. The van der Waals surface area contributed by atoms with Gasteiger partial charge < -0.3 is 16.2 Å². The Kier molecular flexibility index (Phi) is 3.62. The van der Waals surface area contributed by atoms with Crippen LogP contribution in [0.25, 0.3) is 10.8 Å². The van der Waals surface area contributed by atoms with Crippen LogP contribution in [0.5, 0.6) is 0 Å². The summed E-state index contributed by atoms with van der Waals surface area (Å²) in [5, 5.41) is 12.1. The maximum Gasteiger partial charge on any atom is 0.270 e. The molecule has 5 nitrogen and oxygen atoms in total. The summed E-state index contributed by atoms with van der Waals surface area (Å²) in [6, 6.07) is 4.19.